The van der Waals surface area contributed by atoms with E-state index >= 15 is 0 Å². The van der Waals surface area contributed by atoms with Gasteiger partial charge in [-0.15, -0.1) is 0 Å². The Morgan fingerprint density at radius 2 is 2.00 bits per heavy atom. The summed E-state index contributed by atoms with van der Waals surface area (Å²) < 4.78 is 1.56. The molecule has 6 nitrogen and oxygen atoms in total. The minimum atomic E-state index is -0.207. The zero-order valence-corrected chi connectivity index (χ0v) is 13.9. The van der Waals surface area contributed by atoms with Crippen LogP contribution in [0.25, 0.3) is 6.08 Å². The van der Waals surface area contributed by atoms with Crippen LogP contribution in [0, 0.1) is 6.92 Å². The summed E-state index contributed by atoms with van der Waals surface area (Å²) in [5.74, 6) is -0.210. The third-order valence-corrected chi connectivity index (χ3v) is 4.07. The van der Waals surface area contributed by atoms with E-state index in [0.29, 0.717) is 24.7 Å². The van der Waals surface area contributed by atoms with Crippen molar-refractivity contribution < 1.29 is 9.59 Å². The molecule has 120 valence electrons. The molecule has 0 aromatic carbocycles. The van der Waals surface area contributed by atoms with Crippen molar-refractivity contribution in [1.29, 1.82) is 0 Å². The standard InChI is InChI=1S/C15H21ClN4O2/c1-4-6-13(21)19-9-5-10-20(19)14(22)8-7-12-11(2)17-18(3)15(12)16/h7-8H,4-6,9-10H2,1-3H3. The Hall–Kier alpha value is -1.82. The predicted molar refractivity (Wildman–Crippen MR) is 84.9 cm³/mol. The molecule has 0 bridgehead atoms. The third-order valence-electron chi connectivity index (χ3n) is 3.63. The number of carbonyl (C=O) groups excluding carboxylic acids is 2. The summed E-state index contributed by atoms with van der Waals surface area (Å²) in [5.41, 5.74) is 1.49. The summed E-state index contributed by atoms with van der Waals surface area (Å²) in [7, 11) is 1.75. The van der Waals surface area contributed by atoms with Crippen molar-refractivity contribution in [2.75, 3.05) is 13.1 Å². The Balaban J connectivity index is 2.11. The van der Waals surface area contributed by atoms with Gasteiger partial charge in [-0.2, -0.15) is 5.10 Å². The molecule has 1 aromatic rings. The molecule has 1 aliphatic heterocycles. The monoisotopic (exact) mass is 324 g/mol. The molecule has 1 aliphatic rings. The summed E-state index contributed by atoms with van der Waals surface area (Å²) in [4.78, 5) is 24.4. The highest BCUT2D eigenvalue weighted by Gasteiger charge is 2.28. The van der Waals surface area contributed by atoms with Crippen molar-refractivity contribution in [2.45, 2.75) is 33.1 Å². The molecule has 0 radical (unpaired) electrons. The van der Waals surface area contributed by atoms with E-state index in [1.807, 2.05) is 13.8 Å². The molecule has 2 heterocycles. The molecular formula is C15H21ClN4O2. The van der Waals surface area contributed by atoms with Gasteiger partial charge in [-0.1, -0.05) is 18.5 Å². The van der Waals surface area contributed by atoms with Gasteiger partial charge in [0.25, 0.3) is 5.91 Å². The number of nitrogens with zero attached hydrogens (tertiary/aromatic N) is 4. The van der Waals surface area contributed by atoms with E-state index in [9.17, 15) is 9.59 Å². The van der Waals surface area contributed by atoms with Crippen LogP contribution in [0.1, 0.15) is 37.4 Å². The second-order valence-corrected chi connectivity index (χ2v) is 5.69. The fraction of sp³-hybridized carbons (Fsp3) is 0.533. The second kappa shape index (κ2) is 6.96. The van der Waals surface area contributed by atoms with E-state index in [1.165, 1.54) is 11.1 Å². The minimum Gasteiger partial charge on any atom is -0.273 e. The number of amides is 2. The van der Waals surface area contributed by atoms with Gasteiger partial charge in [0.1, 0.15) is 5.15 Å². The summed E-state index contributed by atoms with van der Waals surface area (Å²) in [6, 6.07) is 0. The molecular weight excluding hydrogens is 304 g/mol. The van der Waals surface area contributed by atoms with E-state index in [0.717, 1.165) is 24.1 Å². The van der Waals surface area contributed by atoms with Crippen LogP contribution in [-0.2, 0) is 16.6 Å². The maximum absolute atomic E-state index is 12.3. The third kappa shape index (κ3) is 3.32. The van der Waals surface area contributed by atoms with Crippen LogP contribution in [0.2, 0.25) is 5.15 Å². The molecule has 0 atom stereocenters. The van der Waals surface area contributed by atoms with Crippen molar-refractivity contribution in [3.05, 3.63) is 22.5 Å². The lowest BCUT2D eigenvalue weighted by Crippen LogP contribution is -2.44. The Morgan fingerprint density at radius 3 is 2.59 bits per heavy atom. The van der Waals surface area contributed by atoms with Crippen LogP contribution in [0.5, 0.6) is 0 Å². The summed E-state index contributed by atoms with van der Waals surface area (Å²) in [6.07, 6.45) is 5.15. The highest BCUT2D eigenvalue weighted by atomic mass is 35.5. The van der Waals surface area contributed by atoms with Crippen molar-refractivity contribution in [3.63, 3.8) is 0 Å². The first-order valence-electron chi connectivity index (χ1n) is 7.44. The van der Waals surface area contributed by atoms with Gasteiger partial charge in [0, 0.05) is 38.2 Å². The van der Waals surface area contributed by atoms with Gasteiger partial charge < -0.3 is 0 Å². The van der Waals surface area contributed by atoms with E-state index in [-0.39, 0.29) is 11.8 Å². The van der Waals surface area contributed by atoms with Gasteiger partial charge in [0.05, 0.1) is 5.69 Å². The number of aromatic nitrogens is 2. The largest absolute Gasteiger partial charge is 0.273 e. The smallest absolute Gasteiger partial charge is 0.265 e. The van der Waals surface area contributed by atoms with Crippen LogP contribution >= 0.6 is 11.6 Å². The molecule has 1 aromatic heterocycles. The van der Waals surface area contributed by atoms with Crippen molar-refractivity contribution in [2.24, 2.45) is 7.05 Å². The van der Waals surface area contributed by atoms with E-state index in [2.05, 4.69) is 5.10 Å². The van der Waals surface area contributed by atoms with Crippen LogP contribution < -0.4 is 0 Å². The Kier molecular flexibility index (Phi) is 5.24. The average molecular weight is 325 g/mol. The fourth-order valence-electron chi connectivity index (χ4n) is 2.52. The summed E-state index contributed by atoms with van der Waals surface area (Å²) >= 11 is 6.14. The molecule has 2 amide bonds. The van der Waals surface area contributed by atoms with Gasteiger partial charge in [-0.3, -0.25) is 19.3 Å². The molecule has 0 unspecified atom stereocenters. The molecule has 0 spiro atoms. The predicted octanol–water partition coefficient (Wildman–Crippen LogP) is 2.17. The number of rotatable bonds is 4. The Bertz CT molecular complexity index is 609. The SMILES string of the molecule is CCCC(=O)N1CCCN1C(=O)C=Cc1c(C)nn(C)c1Cl. The number of hydrazine groups is 1. The Labute approximate surface area is 135 Å². The van der Waals surface area contributed by atoms with Gasteiger partial charge in [0.2, 0.25) is 5.91 Å². The van der Waals surface area contributed by atoms with Gasteiger partial charge in [0.15, 0.2) is 0 Å². The van der Waals surface area contributed by atoms with Gasteiger partial charge in [-0.25, -0.2) is 5.01 Å². The molecule has 7 heteroatoms. The maximum Gasteiger partial charge on any atom is 0.265 e. The first-order valence-corrected chi connectivity index (χ1v) is 7.82. The number of halogens is 1. The van der Waals surface area contributed by atoms with Gasteiger partial charge >= 0.3 is 0 Å². The number of carbonyl (C=O) groups is 2. The number of hydrogen-bond acceptors (Lipinski definition) is 3. The molecule has 22 heavy (non-hydrogen) atoms. The highest BCUT2D eigenvalue weighted by molar-refractivity contribution is 6.31. The highest BCUT2D eigenvalue weighted by Crippen LogP contribution is 2.21. The van der Waals surface area contributed by atoms with E-state index in [4.69, 9.17) is 11.6 Å². The topological polar surface area (TPSA) is 58.4 Å². The van der Waals surface area contributed by atoms with Crippen molar-refractivity contribution >= 4 is 29.5 Å². The number of aryl methyl sites for hydroxylation is 2. The van der Waals surface area contributed by atoms with Crippen LogP contribution in [0.15, 0.2) is 6.08 Å². The summed E-state index contributed by atoms with van der Waals surface area (Å²) in [5, 5.41) is 7.74. The van der Waals surface area contributed by atoms with Gasteiger partial charge in [-0.05, 0) is 25.8 Å². The number of hydrogen-bond donors (Lipinski definition) is 0. The van der Waals surface area contributed by atoms with Crippen LogP contribution in [0.3, 0.4) is 0 Å². The normalized spacial score (nSPS) is 15.1. The van der Waals surface area contributed by atoms with Crippen molar-refractivity contribution in [3.8, 4) is 0 Å². The quantitative estimate of drug-likeness (QED) is 0.798. The lowest BCUT2D eigenvalue weighted by atomic mass is 10.2. The van der Waals surface area contributed by atoms with Crippen LogP contribution in [0.4, 0.5) is 0 Å². The molecule has 1 saturated heterocycles. The lowest BCUT2D eigenvalue weighted by Gasteiger charge is -2.26. The average Bonchev–Trinajstić information content (AvgIpc) is 3.04. The maximum atomic E-state index is 12.3. The van der Waals surface area contributed by atoms with E-state index < -0.39 is 0 Å². The van der Waals surface area contributed by atoms with E-state index in [1.54, 1.807) is 22.8 Å². The molecule has 0 saturated carbocycles. The Morgan fingerprint density at radius 1 is 1.32 bits per heavy atom. The first kappa shape index (κ1) is 16.5. The van der Waals surface area contributed by atoms with Crippen molar-refractivity contribution in [1.82, 2.24) is 19.8 Å². The second-order valence-electron chi connectivity index (χ2n) is 5.33. The molecule has 2 rings (SSSR count). The molecule has 1 fully saturated rings. The first-order chi connectivity index (χ1) is 10.5. The zero-order valence-electron chi connectivity index (χ0n) is 13.2. The summed E-state index contributed by atoms with van der Waals surface area (Å²) in [6.45, 7) is 4.96. The minimum absolute atomic E-state index is 0.00246. The lowest BCUT2D eigenvalue weighted by molar-refractivity contribution is -0.154. The molecule has 0 N–H and O–H groups in total. The molecule has 0 aliphatic carbocycles. The zero-order chi connectivity index (χ0) is 16.3. The fourth-order valence-corrected chi connectivity index (χ4v) is 2.76. The van der Waals surface area contributed by atoms with Crippen LogP contribution in [-0.4, -0.2) is 44.7 Å².